The van der Waals surface area contributed by atoms with Crippen LogP contribution in [-0.2, 0) is 26.0 Å². The normalized spacial score (nSPS) is 21.1. The monoisotopic (exact) mass is 306 g/mol. The molecule has 0 saturated heterocycles. The highest BCUT2D eigenvalue weighted by Gasteiger charge is 2.24. The van der Waals surface area contributed by atoms with Gasteiger partial charge in [0.1, 0.15) is 6.61 Å². The zero-order chi connectivity index (χ0) is 13.2. The first-order chi connectivity index (χ1) is 8.44. The molecule has 18 heavy (non-hydrogen) atoms. The third kappa shape index (κ3) is 3.83. The summed E-state index contributed by atoms with van der Waals surface area (Å²) in [7, 11) is -3.11. The van der Waals surface area contributed by atoms with Gasteiger partial charge in [-0.25, -0.2) is 8.42 Å². The SMILES string of the molecule is O=C(CC1C=CS(=O)(=O)C1)OCc1ccc(Cl)s1. The molecule has 7 heteroatoms. The maximum atomic E-state index is 11.5. The fourth-order valence-electron chi connectivity index (χ4n) is 1.62. The van der Waals surface area contributed by atoms with E-state index in [1.165, 1.54) is 11.3 Å². The Hall–Kier alpha value is -0.850. The fraction of sp³-hybridized carbons (Fsp3) is 0.364. The molecule has 0 spiro atoms. The number of carbonyl (C=O) groups is 1. The average molecular weight is 307 g/mol. The predicted molar refractivity (Wildman–Crippen MR) is 70.2 cm³/mol. The van der Waals surface area contributed by atoms with Gasteiger partial charge in [0.15, 0.2) is 9.84 Å². The molecule has 0 radical (unpaired) electrons. The van der Waals surface area contributed by atoms with E-state index in [9.17, 15) is 13.2 Å². The van der Waals surface area contributed by atoms with Gasteiger partial charge in [-0.1, -0.05) is 17.7 Å². The molecular formula is C11H11ClO4S2. The summed E-state index contributed by atoms with van der Waals surface area (Å²) in [6.45, 7) is 0.180. The summed E-state index contributed by atoms with van der Waals surface area (Å²) in [6, 6.07) is 3.53. The molecular weight excluding hydrogens is 296 g/mol. The number of thiophene rings is 1. The third-order valence-electron chi connectivity index (χ3n) is 2.44. The van der Waals surface area contributed by atoms with Crippen LogP contribution in [0.4, 0.5) is 0 Å². The molecule has 1 aromatic heterocycles. The van der Waals surface area contributed by atoms with Gasteiger partial charge in [-0.05, 0) is 12.1 Å². The lowest BCUT2D eigenvalue weighted by atomic mass is 10.1. The van der Waals surface area contributed by atoms with Crippen LogP contribution >= 0.6 is 22.9 Å². The highest BCUT2D eigenvalue weighted by Crippen LogP contribution is 2.23. The molecule has 1 aliphatic heterocycles. The largest absolute Gasteiger partial charge is 0.460 e. The zero-order valence-electron chi connectivity index (χ0n) is 9.34. The van der Waals surface area contributed by atoms with E-state index in [2.05, 4.69) is 0 Å². The molecule has 1 atom stereocenters. The number of ether oxygens (including phenoxy) is 1. The van der Waals surface area contributed by atoms with Crippen LogP contribution < -0.4 is 0 Å². The van der Waals surface area contributed by atoms with Crippen molar-refractivity contribution in [3.63, 3.8) is 0 Å². The Morgan fingerprint density at radius 3 is 2.83 bits per heavy atom. The molecule has 2 heterocycles. The highest BCUT2D eigenvalue weighted by atomic mass is 35.5. The maximum Gasteiger partial charge on any atom is 0.306 e. The highest BCUT2D eigenvalue weighted by molar-refractivity contribution is 7.94. The number of hydrogen-bond acceptors (Lipinski definition) is 5. The summed E-state index contributed by atoms with van der Waals surface area (Å²) in [5, 5.41) is 1.16. The number of allylic oxidation sites excluding steroid dienone is 1. The van der Waals surface area contributed by atoms with Gasteiger partial charge in [0.05, 0.1) is 16.5 Å². The standard InChI is InChI=1S/C11H11ClO4S2/c12-10-2-1-9(17-10)6-16-11(13)5-8-3-4-18(14,15)7-8/h1-4,8H,5-7H2. The molecule has 4 nitrogen and oxygen atoms in total. The topological polar surface area (TPSA) is 60.4 Å². The molecule has 0 aromatic carbocycles. The van der Waals surface area contributed by atoms with Gasteiger partial charge in [0.25, 0.3) is 0 Å². The van der Waals surface area contributed by atoms with Crippen molar-refractivity contribution < 1.29 is 17.9 Å². The van der Waals surface area contributed by atoms with Crippen LogP contribution in [-0.4, -0.2) is 20.1 Å². The van der Waals surface area contributed by atoms with Gasteiger partial charge >= 0.3 is 5.97 Å². The number of carbonyl (C=O) groups excluding carboxylic acids is 1. The van der Waals surface area contributed by atoms with E-state index in [4.69, 9.17) is 16.3 Å². The third-order valence-corrected chi connectivity index (χ3v) is 5.11. The van der Waals surface area contributed by atoms with Crippen LogP contribution in [0.2, 0.25) is 4.34 Å². The Morgan fingerprint density at radius 1 is 1.50 bits per heavy atom. The van der Waals surface area contributed by atoms with Crippen molar-refractivity contribution in [2.24, 2.45) is 5.92 Å². The number of rotatable bonds is 4. The molecule has 2 rings (SSSR count). The first-order valence-electron chi connectivity index (χ1n) is 5.25. The van der Waals surface area contributed by atoms with Gasteiger partial charge in [0, 0.05) is 16.2 Å². The lowest BCUT2D eigenvalue weighted by molar-refractivity contribution is -0.145. The van der Waals surface area contributed by atoms with Crippen molar-refractivity contribution in [3.8, 4) is 0 Å². The second-order valence-electron chi connectivity index (χ2n) is 3.99. The van der Waals surface area contributed by atoms with E-state index < -0.39 is 15.8 Å². The Morgan fingerprint density at radius 2 is 2.28 bits per heavy atom. The number of halogens is 1. The summed E-state index contributed by atoms with van der Waals surface area (Å²) in [6.07, 6.45) is 1.63. The molecule has 0 aliphatic carbocycles. The van der Waals surface area contributed by atoms with E-state index in [1.54, 1.807) is 18.2 Å². The number of esters is 1. The second-order valence-corrected chi connectivity index (χ2v) is 7.72. The minimum Gasteiger partial charge on any atom is -0.460 e. The second kappa shape index (κ2) is 5.42. The Kier molecular flexibility index (Phi) is 4.09. The van der Waals surface area contributed by atoms with Gasteiger partial charge < -0.3 is 4.74 Å². The molecule has 0 bridgehead atoms. The molecule has 98 valence electrons. The van der Waals surface area contributed by atoms with Crippen molar-refractivity contribution in [1.82, 2.24) is 0 Å². The molecule has 0 N–H and O–H groups in total. The Bertz CT molecular complexity index is 574. The van der Waals surface area contributed by atoms with Crippen LogP contribution in [0.1, 0.15) is 11.3 Å². The fourth-order valence-corrected chi connectivity index (χ4v) is 4.02. The van der Waals surface area contributed by atoms with Crippen LogP contribution in [0.5, 0.6) is 0 Å². The predicted octanol–water partition coefficient (Wildman–Crippen LogP) is 2.39. The first-order valence-corrected chi connectivity index (χ1v) is 8.16. The summed E-state index contributed by atoms with van der Waals surface area (Å²) < 4.78 is 28.0. The number of hydrogen-bond donors (Lipinski definition) is 0. The molecule has 0 amide bonds. The van der Waals surface area contributed by atoms with E-state index in [0.29, 0.717) is 4.34 Å². The van der Waals surface area contributed by atoms with Crippen molar-refractivity contribution >= 4 is 38.7 Å². The lowest BCUT2D eigenvalue weighted by Gasteiger charge is -2.06. The Balaban J connectivity index is 1.78. The molecule has 1 aromatic rings. The van der Waals surface area contributed by atoms with Crippen molar-refractivity contribution in [2.75, 3.05) is 5.75 Å². The van der Waals surface area contributed by atoms with E-state index in [-0.39, 0.29) is 24.7 Å². The molecule has 0 saturated carbocycles. The molecule has 0 fully saturated rings. The minimum atomic E-state index is -3.11. The summed E-state index contributed by atoms with van der Waals surface area (Å²) in [5.41, 5.74) is 0. The van der Waals surface area contributed by atoms with E-state index in [0.717, 1.165) is 10.3 Å². The summed E-state index contributed by atoms with van der Waals surface area (Å²) >= 11 is 7.10. The molecule has 1 aliphatic rings. The van der Waals surface area contributed by atoms with E-state index in [1.807, 2.05) is 0 Å². The summed E-state index contributed by atoms with van der Waals surface area (Å²) in [5.74, 6) is -0.673. The van der Waals surface area contributed by atoms with Crippen LogP contribution in [0.25, 0.3) is 0 Å². The van der Waals surface area contributed by atoms with Gasteiger partial charge in [-0.15, -0.1) is 11.3 Å². The maximum absolute atomic E-state index is 11.5. The summed E-state index contributed by atoms with van der Waals surface area (Å²) in [4.78, 5) is 12.4. The zero-order valence-corrected chi connectivity index (χ0v) is 11.7. The van der Waals surface area contributed by atoms with Gasteiger partial charge in [-0.2, -0.15) is 0 Å². The van der Waals surface area contributed by atoms with E-state index >= 15 is 0 Å². The first kappa shape index (κ1) is 13.6. The minimum absolute atomic E-state index is 0.00701. The van der Waals surface area contributed by atoms with Crippen LogP contribution in [0, 0.1) is 5.92 Å². The van der Waals surface area contributed by atoms with Gasteiger partial charge in [0.2, 0.25) is 0 Å². The van der Waals surface area contributed by atoms with Crippen LogP contribution in [0.15, 0.2) is 23.6 Å². The van der Waals surface area contributed by atoms with Crippen molar-refractivity contribution in [3.05, 3.63) is 32.8 Å². The van der Waals surface area contributed by atoms with Crippen molar-refractivity contribution in [1.29, 1.82) is 0 Å². The average Bonchev–Trinajstić information content (AvgIpc) is 2.82. The number of sulfone groups is 1. The molecule has 1 unspecified atom stereocenters. The smallest absolute Gasteiger partial charge is 0.306 e. The van der Waals surface area contributed by atoms with Crippen LogP contribution in [0.3, 0.4) is 0 Å². The Labute approximate surface area is 114 Å². The van der Waals surface area contributed by atoms with Gasteiger partial charge in [-0.3, -0.25) is 4.79 Å². The lowest BCUT2D eigenvalue weighted by Crippen LogP contribution is -2.13. The quantitative estimate of drug-likeness (QED) is 0.801. The van der Waals surface area contributed by atoms with Crippen molar-refractivity contribution in [2.45, 2.75) is 13.0 Å².